The lowest BCUT2D eigenvalue weighted by Gasteiger charge is -2.20. The van der Waals surface area contributed by atoms with Crippen molar-refractivity contribution in [3.05, 3.63) is 53.3 Å². The smallest absolute Gasteiger partial charge is 0.0659 e. The summed E-state index contributed by atoms with van der Waals surface area (Å²) in [7, 11) is 0. The molecule has 0 fully saturated rings. The van der Waals surface area contributed by atoms with Crippen LogP contribution in [-0.4, -0.2) is 21.9 Å². The monoisotopic (exact) mass is 285 g/mol. The molecule has 0 atom stereocenters. The molecule has 0 unspecified atom stereocenters. The Morgan fingerprint density at radius 3 is 2.71 bits per heavy atom. The van der Waals surface area contributed by atoms with E-state index in [-0.39, 0.29) is 5.54 Å². The number of aryl methyl sites for hydroxylation is 2. The van der Waals surface area contributed by atoms with E-state index in [1.54, 1.807) is 0 Å². The number of benzene rings is 1. The van der Waals surface area contributed by atoms with Gasteiger partial charge in [0.05, 0.1) is 12.7 Å². The molecule has 2 aromatic rings. The Kier molecular flexibility index (Phi) is 5.18. The Morgan fingerprint density at radius 1 is 1.19 bits per heavy atom. The Bertz CT molecular complexity index is 564. The zero-order chi connectivity index (χ0) is 15.3. The molecule has 0 saturated heterocycles. The van der Waals surface area contributed by atoms with E-state index in [4.69, 9.17) is 0 Å². The molecule has 0 spiro atoms. The van der Waals surface area contributed by atoms with Crippen molar-refractivity contribution in [2.75, 3.05) is 6.54 Å². The molecule has 0 radical (unpaired) electrons. The Morgan fingerprint density at radius 2 is 2.00 bits per heavy atom. The van der Waals surface area contributed by atoms with Crippen LogP contribution in [0.5, 0.6) is 0 Å². The maximum atomic E-state index is 4.46. The Hall–Kier alpha value is -1.61. The zero-order valence-corrected chi connectivity index (χ0v) is 13.7. The summed E-state index contributed by atoms with van der Waals surface area (Å²) in [4.78, 5) is 0. The average molecular weight is 285 g/mol. The molecule has 0 aliphatic heterocycles. The van der Waals surface area contributed by atoms with Crippen LogP contribution in [0.15, 0.2) is 36.7 Å². The fraction of sp³-hybridized carbons (Fsp3) is 0.500. The summed E-state index contributed by atoms with van der Waals surface area (Å²) in [5, 5.41) is 7.98. The predicted molar refractivity (Wildman–Crippen MR) is 88.6 cm³/mol. The summed E-state index contributed by atoms with van der Waals surface area (Å²) in [5.74, 6) is 0. The number of aromatic nitrogens is 2. The number of hydrogen-bond acceptors (Lipinski definition) is 2. The number of nitrogens with zero attached hydrogens (tertiary/aromatic N) is 2. The summed E-state index contributed by atoms with van der Waals surface area (Å²) in [5.41, 5.74) is 4.13. The summed E-state index contributed by atoms with van der Waals surface area (Å²) >= 11 is 0. The van der Waals surface area contributed by atoms with Crippen LogP contribution < -0.4 is 5.32 Å². The molecule has 1 aromatic carbocycles. The van der Waals surface area contributed by atoms with Gasteiger partial charge in [0.1, 0.15) is 0 Å². The van der Waals surface area contributed by atoms with Gasteiger partial charge in [0.2, 0.25) is 0 Å². The lowest BCUT2D eigenvalue weighted by atomic mass is 10.1. The molecule has 1 N–H and O–H groups in total. The van der Waals surface area contributed by atoms with E-state index >= 15 is 0 Å². The van der Waals surface area contributed by atoms with Crippen molar-refractivity contribution in [3.63, 3.8) is 0 Å². The molecule has 0 bridgehead atoms. The predicted octanol–water partition coefficient (Wildman–Crippen LogP) is 3.56. The van der Waals surface area contributed by atoms with E-state index in [0.717, 1.165) is 25.9 Å². The fourth-order valence-corrected chi connectivity index (χ4v) is 2.38. The maximum absolute atomic E-state index is 4.46. The van der Waals surface area contributed by atoms with Gasteiger partial charge in [-0.1, -0.05) is 29.8 Å². The quantitative estimate of drug-likeness (QED) is 0.822. The maximum Gasteiger partial charge on any atom is 0.0659 e. The lowest BCUT2D eigenvalue weighted by Crippen LogP contribution is -2.36. The van der Waals surface area contributed by atoms with Crippen LogP contribution in [0.3, 0.4) is 0 Å². The van der Waals surface area contributed by atoms with Gasteiger partial charge in [-0.25, -0.2) is 0 Å². The van der Waals surface area contributed by atoms with Crippen molar-refractivity contribution < 1.29 is 0 Å². The molecule has 0 aliphatic rings. The highest BCUT2D eigenvalue weighted by Crippen LogP contribution is 2.08. The standard InChI is InChI=1S/C18H27N3/c1-15-7-5-8-16(11-15)13-21-14-17(12-20-21)9-6-10-19-18(2,3)4/h5,7-8,11-12,14,19H,6,9-10,13H2,1-4H3. The molecule has 0 amide bonds. The third kappa shape index (κ3) is 5.72. The highest BCUT2D eigenvalue weighted by molar-refractivity contribution is 5.22. The van der Waals surface area contributed by atoms with Crippen molar-refractivity contribution in [3.8, 4) is 0 Å². The van der Waals surface area contributed by atoms with Gasteiger partial charge in [-0.05, 0) is 58.2 Å². The minimum Gasteiger partial charge on any atom is -0.312 e. The van der Waals surface area contributed by atoms with Crippen LogP contribution in [0, 0.1) is 6.92 Å². The van der Waals surface area contributed by atoms with Crippen LogP contribution in [0.2, 0.25) is 0 Å². The molecule has 3 nitrogen and oxygen atoms in total. The normalized spacial score (nSPS) is 11.8. The van der Waals surface area contributed by atoms with Crippen molar-refractivity contribution >= 4 is 0 Å². The second-order valence-electron chi connectivity index (χ2n) is 6.82. The first kappa shape index (κ1) is 15.8. The summed E-state index contributed by atoms with van der Waals surface area (Å²) < 4.78 is 2.03. The largest absolute Gasteiger partial charge is 0.312 e. The molecule has 1 aromatic heterocycles. The third-order valence-electron chi connectivity index (χ3n) is 3.41. The van der Waals surface area contributed by atoms with E-state index in [1.807, 2.05) is 10.9 Å². The van der Waals surface area contributed by atoms with Crippen molar-refractivity contribution in [2.24, 2.45) is 0 Å². The van der Waals surface area contributed by atoms with E-state index < -0.39 is 0 Å². The summed E-state index contributed by atoms with van der Waals surface area (Å²) in [6.45, 7) is 10.6. The minimum atomic E-state index is 0.204. The van der Waals surface area contributed by atoms with Crippen molar-refractivity contribution in [2.45, 2.75) is 52.6 Å². The van der Waals surface area contributed by atoms with Gasteiger partial charge in [-0.15, -0.1) is 0 Å². The van der Waals surface area contributed by atoms with E-state index in [0.29, 0.717) is 0 Å². The van der Waals surface area contributed by atoms with Crippen LogP contribution in [0.1, 0.15) is 43.9 Å². The third-order valence-corrected chi connectivity index (χ3v) is 3.41. The van der Waals surface area contributed by atoms with Gasteiger partial charge in [-0.2, -0.15) is 5.10 Å². The number of rotatable bonds is 6. The average Bonchev–Trinajstić information content (AvgIpc) is 2.81. The second-order valence-corrected chi connectivity index (χ2v) is 6.82. The molecule has 21 heavy (non-hydrogen) atoms. The van der Waals surface area contributed by atoms with Crippen LogP contribution >= 0.6 is 0 Å². The molecule has 0 aliphatic carbocycles. The first-order valence-electron chi connectivity index (χ1n) is 7.74. The molecule has 3 heteroatoms. The van der Waals surface area contributed by atoms with Crippen molar-refractivity contribution in [1.29, 1.82) is 0 Å². The molecule has 1 heterocycles. The topological polar surface area (TPSA) is 29.9 Å². The molecular formula is C18H27N3. The van der Waals surface area contributed by atoms with Crippen LogP contribution in [0.4, 0.5) is 0 Å². The molecule has 2 rings (SSSR count). The first-order chi connectivity index (χ1) is 9.92. The summed E-state index contributed by atoms with van der Waals surface area (Å²) in [6, 6.07) is 8.60. The molecule has 0 saturated carbocycles. The first-order valence-corrected chi connectivity index (χ1v) is 7.74. The SMILES string of the molecule is Cc1cccc(Cn2cc(CCCNC(C)(C)C)cn2)c1. The zero-order valence-electron chi connectivity index (χ0n) is 13.7. The van der Waals surface area contributed by atoms with Gasteiger partial charge in [0.25, 0.3) is 0 Å². The molecular weight excluding hydrogens is 258 g/mol. The number of hydrogen-bond donors (Lipinski definition) is 1. The van der Waals surface area contributed by atoms with Crippen molar-refractivity contribution in [1.82, 2.24) is 15.1 Å². The van der Waals surface area contributed by atoms with Gasteiger partial charge >= 0.3 is 0 Å². The summed E-state index contributed by atoms with van der Waals surface area (Å²) in [6.07, 6.45) is 6.39. The van der Waals surface area contributed by atoms with Gasteiger partial charge < -0.3 is 5.32 Å². The van der Waals surface area contributed by atoms with Crippen LogP contribution in [-0.2, 0) is 13.0 Å². The minimum absolute atomic E-state index is 0.204. The Labute approximate surface area is 128 Å². The second kappa shape index (κ2) is 6.90. The van der Waals surface area contributed by atoms with Gasteiger partial charge in [-0.3, -0.25) is 4.68 Å². The lowest BCUT2D eigenvalue weighted by molar-refractivity contribution is 0.422. The highest BCUT2D eigenvalue weighted by Gasteiger charge is 2.07. The van der Waals surface area contributed by atoms with Gasteiger partial charge in [0, 0.05) is 11.7 Å². The van der Waals surface area contributed by atoms with Gasteiger partial charge in [0.15, 0.2) is 0 Å². The molecule has 114 valence electrons. The van der Waals surface area contributed by atoms with E-state index in [9.17, 15) is 0 Å². The number of nitrogens with one attached hydrogen (secondary N) is 1. The Balaban J connectivity index is 1.81. The highest BCUT2D eigenvalue weighted by atomic mass is 15.3. The van der Waals surface area contributed by atoms with E-state index in [1.165, 1.54) is 16.7 Å². The fourth-order valence-electron chi connectivity index (χ4n) is 2.38. The van der Waals surface area contributed by atoms with Crippen LogP contribution in [0.25, 0.3) is 0 Å². The van der Waals surface area contributed by atoms with E-state index in [2.05, 4.69) is 68.6 Å².